The van der Waals surface area contributed by atoms with Gasteiger partial charge in [-0.2, -0.15) is 0 Å². The summed E-state index contributed by atoms with van der Waals surface area (Å²) in [4.78, 5) is 22.8. The van der Waals surface area contributed by atoms with E-state index in [1.807, 2.05) is 0 Å². The van der Waals surface area contributed by atoms with Gasteiger partial charge in [-0.1, -0.05) is 0 Å². The summed E-state index contributed by atoms with van der Waals surface area (Å²) in [5.74, 6) is 0.00670. The molecule has 6 heteroatoms. The van der Waals surface area contributed by atoms with Crippen LogP contribution >= 0.6 is 0 Å². The van der Waals surface area contributed by atoms with E-state index in [0.29, 0.717) is 28.3 Å². The molecular weight excluding hydrogens is 270 g/mol. The van der Waals surface area contributed by atoms with Crippen molar-refractivity contribution >= 4 is 17.5 Å². The third kappa shape index (κ3) is 3.30. The van der Waals surface area contributed by atoms with Gasteiger partial charge in [0, 0.05) is 24.4 Å². The van der Waals surface area contributed by atoms with E-state index < -0.39 is 5.91 Å². The fraction of sp³-hybridized carbons (Fsp3) is 0.0667. The van der Waals surface area contributed by atoms with Crippen molar-refractivity contribution in [2.75, 3.05) is 12.8 Å². The quantitative estimate of drug-likeness (QED) is 0.740. The molecule has 0 aliphatic carbocycles. The molecule has 2 aromatic rings. The minimum absolute atomic E-state index is 0.279. The smallest absolute Gasteiger partial charge is 0.254 e. The Labute approximate surface area is 121 Å². The van der Waals surface area contributed by atoms with Crippen LogP contribution in [0.1, 0.15) is 20.7 Å². The van der Waals surface area contributed by atoms with Gasteiger partial charge in [-0.25, -0.2) is 0 Å². The van der Waals surface area contributed by atoms with Crippen LogP contribution < -0.4 is 21.5 Å². The molecule has 6 nitrogen and oxygen atoms in total. The van der Waals surface area contributed by atoms with Gasteiger partial charge in [0.1, 0.15) is 11.5 Å². The van der Waals surface area contributed by atoms with E-state index in [-0.39, 0.29) is 5.91 Å². The molecule has 0 bridgehead atoms. The standard InChI is InChI=1S/C15H15N3O3/c1-18-15(20)12-7-4-10(16)8-13(12)21-11-5-2-9(3-6-11)14(17)19/h2-8H,16H2,1H3,(H2,17,19)(H,18,20). The molecule has 0 spiro atoms. The summed E-state index contributed by atoms with van der Waals surface area (Å²) in [5, 5.41) is 2.53. The van der Waals surface area contributed by atoms with Gasteiger partial charge >= 0.3 is 0 Å². The van der Waals surface area contributed by atoms with E-state index in [2.05, 4.69) is 5.32 Å². The van der Waals surface area contributed by atoms with Crippen LogP contribution in [0.2, 0.25) is 0 Å². The first kappa shape index (κ1) is 14.4. The van der Waals surface area contributed by atoms with Gasteiger partial charge in [-0.05, 0) is 36.4 Å². The number of benzene rings is 2. The van der Waals surface area contributed by atoms with Gasteiger partial charge in [-0.3, -0.25) is 9.59 Å². The molecule has 0 atom stereocenters. The van der Waals surface area contributed by atoms with Crippen LogP contribution in [0.5, 0.6) is 11.5 Å². The fourth-order valence-corrected chi connectivity index (χ4v) is 1.76. The molecule has 0 saturated carbocycles. The molecular formula is C15H15N3O3. The Morgan fingerprint density at radius 2 is 1.76 bits per heavy atom. The van der Waals surface area contributed by atoms with Crippen LogP contribution in [0.15, 0.2) is 42.5 Å². The van der Waals surface area contributed by atoms with Crippen molar-refractivity contribution in [1.82, 2.24) is 5.32 Å². The summed E-state index contributed by atoms with van der Waals surface area (Å²) in [5.41, 5.74) is 12.1. The Hall–Kier alpha value is -3.02. The third-order valence-electron chi connectivity index (χ3n) is 2.84. The van der Waals surface area contributed by atoms with Gasteiger partial charge in [0.25, 0.3) is 5.91 Å². The molecule has 2 amide bonds. The number of hydrogen-bond acceptors (Lipinski definition) is 4. The zero-order chi connectivity index (χ0) is 15.4. The number of nitrogens with two attached hydrogens (primary N) is 2. The molecule has 21 heavy (non-hydrogen) atoms. The lowest BCUT2D eigenvalue weighted by molar-refractivity contribution is 0.0959. The zero-order valence-electron chi connectivity index (χ0n) is 11.4. The van der Waals surface area contributed by atoms with Crippen molar-refractivity contribution in [3.05, 3.63) is 53.6 Å². The summed E-state index contributed by atoms with van der Waals surface area (Å²) < 4.78 is 5.66. The summed E-state index contributed by atoms with van der Waals surface area (Å²) in [6.07, 6.45) is 0. The molecule has 0 aromatic heterocycles. The number of carbonyl (C=O) groups excluding carboxylic acids is 2. The van der Waals surface area contributed by atoms with E-state index in [4.69, 9.17) is 16.2 Å². The van der Waals surface area contributed by atoms with E-state index in [9.17, 15) is 9.59 Å². The van der Waals surface area contributed by atoms with Crippen molar-refractivity contribution in [1.29, 1.82) is 0 Å². The Bertz CT molecular complexity index is 681. The molecule has 2 aromatic carbocycles. The molecule has 0 saturated heterocycles. The molecule has 0 radical (unpaired) electrons. The highest BCUT2D eigenvalue weighted by Gasteiger charge is 2.12. The van der Waals surface area contributed by atoms with Crippen molar-refractivity contribution in [2.24, 2.45) is 5.73 Å². The highest BCUT2D eigenvalue weighted by atomic mass is 16.5. The van der Waals surface area contributed by atoms with Crippen LogP contribution in [0, 0.1) is 0 Å². The Morgan fingerprint density at radius 3 is 2.33 bits per heavy atom. The number of amides is 2. The number of hydrogen-bond donors (Lipinski definition) is 3. The maximum atomic E-state index is 11.8. The van der Waals surface area contributed by atoms with Crippen LogP contribution in [0.4, 0.5) is 5.69 Å². The first-order valence-electron chi connectivity index (χ1n) is 6.20. The summed E-state index contributed by atoms with van der Waals surface area (Å²) in [7, 11) is 1.53. The highest BCUT2D eigenvalue weighted by Crippen LogP contribution is 2.27. The van der Waals surface area contributed by atoms with E-state index in [0.717, 1.165) is 0 Å². The third-order valence-corrected chi connectivity index (χ3v) is 2.84. The second kappa shape index (κ2) is 5.96. The van der Waals surface area contributed by atoms with Gasteiger partial charge in [-0.15, -0.1) is 0 Å². The topological polar surface area (TPSA) is 107 Å². The lowest BCUT2D eigenvalue weighted by atomic mass is 10.1. The number of primary amides is 1. The molecule has 108 valence electrons. The van der Waals surface area contributed by atoms with Crippen LogP contribution in [0.25, 0.3) is 0 Å². The number of anilines is 1. The predicted molar refractivity (Wildman–Crippen MR) is 79.3 cm³/mol. The monoisotopic (exact) mass is 285 g/mol. The predicted octanol–water partition coefficient (Wildman–Crippen LogP) is 1.52. The van der Waals surface area contributed by atoms with Crippen molar-refractivity contribution in [2.45, 2.75) is 0 Å². The molecule has 0 fully saturated rings. The Kier molecular flexibility index (Phi) is 4.08. The van der Waals surface area contributed by atoms with Crippen LogP contribution in [0.3, 0.4) is 0 Å². The first-order valence-corrected chi connectivity index (χ1v) is 6.20. The maximum Gasteiger partial charge on any atom is 0.254 e. The lowest BCUT2D eigenvalue weighted by Crippen LogP contribution is -2.18. The fourth-order valence-electron chi connectivity index (χ4n) is 1.76. The van der Waals surface area contributed by atoms with Crippen LogP contribution in [-0.2, 0) is 0 Å². The number of carbonyl (C=O) groups is 2. The molecule has 2 rings (SSSR count). The molecule has 0 aliphatic rings. The summed E-state index contributed by atoms with van der Waals surface area (Å²) in [6, 6.07) is 11.0. The molecule has 0 unspecified atom stereocenters. The summed E-state index contributed by atoms with van der Waals surface area (Å²) in [6.45, 7) is 0. The Morgan fingerprint density at radius 1 is 1.10 bits per heavy atom. The number of nitrogen functional groups attached to an aromatic ring is 1. The number of nitrogens with one attached hydrogen (secondary N) is 1. The van der Waals surface area contributed by atoms with Gasteiger partial charge in [0.05, 0.1) is 5.56 Å². The highest BCUT2D eigenvalue weighted by molar-refractivity contribution is 5.97. The summed E-state index contributed by atoms with van der Waals surface area (Å²) >= 11 is 0. The minimum atomic E-state index is -0.517. The SMILES string of the molecule is CNC(=O)c1ccc(N)cc1Oc1ccc(C(N)=O)cc1. The number of ether oxygens (including phenoxy) is 1. The molecule has 5 N–H and O–H groups in total. The Balaban J connectivity index is 2.32. The van der Waals surface area contributed by atoms with Crippen molar-refractivity contribution in [3.63, 3.8) is 0 Å². The van der Waals surface area contributed by atoms with E-state index >= 15 is 0 Å². The normalized spacial score (nSPS) is 9.95. The molecule has 0 aliphatic heterocycles. The second-order valence-electron chi connectivity index (χ2n) is 4.33. The lowest BCUT2D eigenvalue weighted by Gasteiger charge is -2.11. The van der Waals surface area contributed by atoms with Gasteiger partial charge < -0.3 is 21.5 Å². The van der Waals surface area contributed by atoms with E-state index in [1.54, 1.807) is 42.5 Å². The first-order chi connectivity index (χ1) is 10.0. The number of rotatable bonds is 4. The van der Waals surface area contributed by atoms with Gasteiger partial charge in [0.2, 0.25) is 5.91 Å². The molecule has 0 heterocycles. The average molecular weight is 285 g/mol. The van der Waals surface area contributed by atoms with Crippen molar-refractivity contribution in [3.8, 4) is 11.5 Å². The zero-order valence-corrected chi connectivity index (χ0v) is 11.4. The van der Waals surface area contributed by atoms with Gasteiger partial charge in [0.15, 0.2) is 0 Å². The maximum absolute atomic E-state index is 11.8. The van der Waals surface area contributed by atoms with Crippen molar-refractivity contribution < 1.29 is 14.3 Å². The average Bonchev–Trinajstić information content (AvgIpc) is 2.47. The minimum Gasteiger partial charge on any atom is -0.456 e. The van der Waals surface area contributed by atoms with Crippen LogP contribution in [-0.4, -0.2) is 18.9 Å². The second-order valence-corrected chi connectivity index (χ2v) is 4.33. The largest absolute Gasteiger partial charge is 0.456 e. The van der Waals surface area contributed by atoms with E-state index in [1.165, 1.54) is 7.05 Å².